The number of alkyl halides is 2. The van der Waals surface area contributed by atoms with E-state index in [9.17, 15) is 13.6 Å². The summed E-state index contributed by atoms with van der Waals surface area (Å²) in [5.74, 6) is -0.289. The fourth-order valence-corrected chi connectivity index (χ4v) is 2.43. The molecule has 3 rings (SSSR count). The predicted molar refractivity (Wildman–Crippen MR) is 92.0 cm³/mol. The second kappa shape index (κ2) is 8.24. The number of amides is 1. The van der Waals surface area contributed by atoms with Crippen molar-refractivity contribution in [2.45, 2.75) is 19.7 Å². The van der Waals surface area contributed by atoms with Crippen molar-refractivity contribution in [3.8, 4) is 5.75 Å². The molecule has 0 aliphatic rings. The molecule has 0 spiro atoms. The number of aromatic nitrogens is 2. The van der Waals surface area contributed by atoms with Crippen LogP contribution in [-0.2, 0) is 13.1 Å². The average Bonchev–Trinajstić information content (AvgIpc) is 3.08. The zero-order chi connectivity index (χ0) is 18.4. The first kappa shape index (κ1) is 17.6. The lowest BCUT2D eigenvalue weighted by Gasteiger charge is -2.06. The SMILES string of the molecule is O=C(NCc1cnn(Cc2ccccc2)c1)c1ccc(OC(F)F)cc1. The molecular weight excluding hydrogens is 340 g/mol. The van der Waals surface area contributed by atoms with E-state index in [1.807, 2.05) is 36.5 Å². The third-order valence-electron chi connectivity index (χ3n) is 3.67. The molecule has 0 saturated carbocycles. The van der Waals surface area contributed by atoms with Gasteiger partial charge in [0.25, 0.3) is 5.91 Å². The van der Waals surface area contributed by atoms with Gasteiger partial charge in [-0.1, -0.05) is 30.3 Å². The van der Waals surface area contributed by atoms with Crippen LogP contribution in [0, 0.1) is 0 Å². The highest BCUT2D eigenvalue weighted by Gasteiger charge is 2.08. The number of nitrogens with zero attached hydrogens (tertiary/aromatic N) is 2. The minimum Gasteiger partial charge on any atom is -0.435 e. The highest BCUT2D eigenvalue weighted by atomic mass is 19.3. The monoisotopic (exact) mass is 357 g/mol. The largest absolute Gasteiger partial charge is 0.435 e. The van der Waals surface area contributed by atoms with E-state index in [0.717, 1.165) is 11.1 Å². The van der Waals surface area contributed by atoms with Crippen LogP contribution in [0.15, 0.2) is 67.0 Å². The number of rotatable bonds is 7. The van der Waals surface area contributed by atoms with Crippen LogP contribution in [0.2, 0.25) is 0 Å². The molecule has 5 nitrogen and oxygen atoms in total. The third kappa shape index (κ3) is 4.89. The summed E-state index contributed by atoms with van der Waals surface area (Å²) in [6.07, 6.45) is 3.57. The Hall–Kier alpha value is -3.22. The quantitative estimate of drug-likeness (QED) is 0.705. The fraction of sp³-hybridized carbons (Fsp3) is 0.158. The summed E-state index contributed by atoms with van der Waals surface area (Å²) >= 11 is 0. The van der Waals surface area contributed by atoms with Crippen LogP contribution in [0.1, 0.15) is 21.5 Å². The van der Waals surface area contributed by atoms with Crippen LogP contribution in [0.4, 0.5) is 8.78 Å². The third-order valence-corrected chi connectivity index (χ3v) is 3.67. The van der Waals surface area contributed by atoms with Gasteiger partial charge in [0.1, 0.15) is 5.75 Å². The zero-order valence-corrected chi connectivity index (χ0v) is 13.8. The highest BCUT2D eigenvalue weighted by Crippen LogP contribution is 2.15. The standard InChI is InChI=1S/C19H17F2N3O2/c20-19(21)26-17-8-6-16(7-9-17)18(25)22-10-15-11-23-24(13-15)12-14-4-2-1-3-5-14/h1-9,11,13,19H,10,12H2,(H,22,25). The highest BCUT2D eigenvalue weighted by molar-refractivity contribution is 5.94. The maximum atomic E-state index is 12.1. The van der Waals surface area contributed by atoms with Crippen LogP contribution in [-0.4, -0.2) is 22.3 Å². The summed E-state index contributed by atoms with van der Waals surface area (Å²) in [7, 11) is 0. The molecule has 0 aliphatic carbocycles. The Labute approximate surface area is 149 Å². The second-order valence-electron chi connectivity index (χ2n) is 5.62. The van der Waals surface area contributed by atoms with Crippen LogP contribution in [0.25, 0.3) is 0 Å². The molecule has 1 amide bonds. The Morgan fingerprint density at radius 2 is 1.81 bits per heavy atom. The number of hydrogen-bond acceptors (Lipinski definition) is 3. The molecule has 1 heterocycles. The lowest BCUT2D eigenvalue weighted by Crippen LogP contribution is -2.22. The van der Waals surface area contributed by atoms with E-state index in [1.54, 1.807) is 10.9 Å². The molecule has 0 fully saturated rings. The van der Waals surface area contributed by atoms with Crippen molar-refractivity contribution in [3.63, 3.8) is 0 Å². The summed E-state index contributed by atoms with van der Waals surface area (Å²) in [5, 5.41) is 7.05. The topological polar surface area (TPSA) is 56.2 Å². The number of benzene rings is 2. The molecule has 1 aromatic heterocycles. The van der Waals surface area contributed by atoms with E-state index in [-0.39, 0.29) is 11.7 Å². The smallest absolute Gasteiger partial charge is 0.387 e. The number of ether oxygens (including phenoxy) is 1. The molecule has 2 aromatic carbocycles. The van der Waals surface area contributed by atoms with Gasteiger partial charge < -0.3 is 10.1 Å². The van der Waals surface area contributed by atoms with E-state index in [4.69, 9.17) is 0 Å². The van der Waals surface area contributed by atoms with Gasteiger partial charge in [0, 0.05) is 23.9 Å². The van der Waals surface area contributed by atoms with Crippen molar-refractivity contribution in [2.75, 3.05) is 0 Å². The minimum absolute atomic E-state index is 0.0127. The maximum Gasteiger partial charge on any atom is 0.387 e. The molecule has 0 bridgehead atoms. The van der Waals surface area contributed by atoms with Gasteiger partial charge in [0.15, 0.2) is 0 Å². The van der Waals surface area contributed by atoms with Crippen molar-refractivity contribution in [2.24, 2.45) is 0 Å². The molecule has 0 aliphatic heterocycles. The lowest BCUT2D eigenvalue weighted by atomic mass is 10.2. The molecule has 3 aromatic rings. The van der Waals surface area contributed by atoms with E-state index in [2.05, 4.69) is 15.2 Å². The maximum absolute atomic E-state index is 12.1. The molecule has 134 valence electrons. The minimum atomic E-state index is -2.89. The van der Waals surface area contributed by atoms with Crippen molar-refractivity contribution in [1.82, 2.24) is 15.1 Å². The number of hydrogen-bond donors (Lipinski definition) is 1. The van der Waals surface area contributed by atoms with Crippen LogP contribution < -0.4 is 10.1 Å². The molecule has 0 unspecified atom stereocenters. The van der Waals surface area contributed by atoms with Crippen LogP contribution >= 0.6 is 0 Å². The summed E-state index contributed by atoms with van der Waals surface area (Å²) < 4.78 is 30.3. The number of nitrogens with one attached hydrogen (secondary N) is 1. The average molecular weight is 357 g/mol. The van der Waals surface area contributed by atoms with E-state index in [0.29, 0.717) is 18.7 Å². The number of carbonyl (C=O) groups is 1. The zero-order valence-electron chi connectivity index (χ0n) is 13.8. The Morgan fingerprint density at radius 1 is 1.08 bits per heavy atom. The van der Waals surface area contributed by atoms with Crippen molar-refractivity contribution >= 4 is 5.91 Å². The van der Waals surface area contributed by atoms with Gasteiger partial charge in [-0.3, -0.25) is 9.48 Å². The van der Waals surface area contributed by atoms with Crippen molar-refractivity contribution < 1.29 is 18.3 Å². The molecule has 0 radical (unpaired) electrons. The van der Waals surface area contributed by atoms with Crippen LogP contribution in [0.3, 0.4) is 0 Å². The summed E-state index contributed by atoms with van der Waals surface area (Å²) in [6.45, 7) is -1.91. The van der Waals surface area contributed by atoms with E-state index < -0.39 is 6.61 Å². The van der Waals surface area contributed by atoms with Gasteiger partial charge in [0.05, 0.1) is 12.7 Å². The van der Waals surface area contributed by atoms with Gasteiger partial charge in [-0.25, -0.2) is 0 Å². The van der Waals surface area contributed by atoms with Gasteiger partial charge in [-0.15, -0.1) is 0 Å². The first-order valence-electron chi connectivity index (χ1n) is 7.98. The Bertz CT molecular complexity index is 849. The molecule has 7 heteroatoms. The Balaban J connectivity index is 1.53. The first-order valence-corrected chi connectivity index (χ1v) is 7.98. The normalized spacial score (nSPS) is 10.7. The lowest BCUT2D eigenvalue weighted by molar-refractivity contribution is -0.0498. The van der Waals surface area contributed by atoms with Gasteiger partial charge in [0.2, 0.25) is 0 Å². The molecule has 26 heavy (non-hydrogen) atoms. The summed E-state index contributed by atoms with van der Waals surface area (Å²) in [5.41, 5.74) is 2.37. The van der Waals surface area contributed by atoms with Gasteiger partial charge >= 0.3 is 6.61 Å². The second-order valence-corrected chi connectivity index (χ2v) is 5.62. The Kier molecular flexibility index (Phi) is 5.58. The molecule has 0 saturated heterocycles. The molecule has 1 N–H and O–H groups in total. The van der Waals surface area contributed by atoms with Crippen LogP contribution in [0.5, 0.6) is 5.75 Å². The predicted octanol–water partition coefficient (Wildman–Crippen LogP) is 3.46. The van der Waals surface area contributed by atoms with E-state index >= 15 is 0 Å². The number of halogens is 2. The summed E-state index contributed by atoms with van der Waals surface area (Å²) in [6, 6.07) is 15.5. The Morgan fingerprint density at radius 3 is 2.50 bits per heavy atom. The van der Waals surface area contributed by atoms with Crippen molar-refractivity contribution in [1.29, 1.82) is 0 Å². The molecular formula is C19H17F2N3O2. The summed E-state index contributed by atoms with van der Waals surface area (Å²) in [4.78, 5) is 12.1. The molecule has 0 atom stereocenters. The number of carbonyl (C=O) groups excluding carboxylic acids is 1. The van der Waals surface area contributed by atoms with Gasteiger partial charge in [-0.05, 0) is 29.8 Å². The van der Waals surface area contributed by atoms with E-state index in [1.165, 1.54) is 24.3 Å². The van der Waals surface area contributed by atoms with Gasteiger partial charge in [-0.2, -0.15) is 13.9 Å². The van der Waals surface area contributed by atoms with Crippen molar-refractivity contribution in [3.05, 3.63) is 83.7 Å². The fourth-order valence-electron chi connectivity index (χ4n) is 2.43. The first-order chi connectivity index (χ1) is 12.6.